The second kappa shape index (κ2) is 5.18. The third kappa shape index (κ3) is 2.46. The molecule has 0 bridgehead atoms. The highest BCUT2D eigenvalue weighted by Gasteiger charge is 2.13. The van der Waals surface area contributed by atoms with Crippen molar-refractivity contribution < 1.29 is 0 Å². The predicted molar refractivity (Wildman–Crippen MR) is 67.1 cm³/mol. The summed E-state index contributed by atoms with van der Waals surface area (Å²) < 4.78 is 1.05. The summed E-state index contributed by atoms with van der Waals surface area (Å²) in [6.07, 6.45) is 3.29. The Morgan fingerprint density at radius 2 is 2.19 bits per heavy atom. The molecule has 4 heteroatoms. The molecule has 0 aliphatic heterocycles. The molecule has 0 fully saturated rings. The van der Waals surface area contributed by atoms with E-state index in [1.54, 1.807) is 12.5 Å². The normalized spacial score (nSPS) is 12.4. The summed E-state index contributed by atoms with van der Waals surface area (Å²) in [6, 6.07) is 10.0. The first kappa shape index (κ1) is 11.2. The summed E-state index contributed by atoms with van der Waals surface area (Å²) >= 11 is 3.46. The molecule has 0 amide bonds. The molecule has 0 aliphatic rings. The fourth-order valence-corrected chi connectivity index (χ4v) is 2.07. The number of hydrogen-bond acceptors (Lipinski definition) is 3. The average Bonchev–Trinajstić information content (AvgIpc) is 2.31. The van der Waals surface area contributed by atoms with Gasteiger partial charge in [0.25, 0.3) is 0 Å². The zero-order valence-electron chi connectivity index (χ0n) is 8.68. The number of hydrogen-bond donors (Lipinski definition) is 1. The van der Waals surface area contributed by atoms with Crippen LogP contribution < -0.4 is 5.73 Å². The molecule has 1 unspecified atom stereocenters. The van der Waals surface area contributed by atoms with Crippen LogP contribution >= 0.6 is 15.9 Å². The van der Waals surface area contributed by atoms with Crippen molar-refractivity contribution in [2.75, 3.05) is 6.54 Å². The summed E-state index contributed by atoms with van der Waals surface area (Å²) in [7, 11) is 0. The van der Waals surface area contributed by atoms with Crippen molar-refractivity contribution in [2.24, 2.45) is 5.73 Å². The molecule has 1 atom stereocenters. The van der Waals surface area contributed by atoms with Gasteiger partial charge in [-0.05, 0) is 23.8 Å². The number of rotatable bonds is 3. The van der Waals surface area contributed by atoms with Crippen LogP contribution in [0.25, 0.3) is 0 Å². The number of aromatic nitrogens is 2. The molecular formula is C12H12BrN3. The molecule has 82 valence electrons. The third-order valence-corrected chi connectivity index (χ3v) is 2.94. The Kier molecular flexibility index (Phi) is 3.64. The van der Waals surface area contributed by atoms with Crippen LogP contribution in [0.15, 0.2) is 47.3 Å². The molecule has 0 saturated heterocycles. The maximum atomic E-state index is 5.81. The van der Waals surface area contributed by atoms with Crippen molar-refractivity contribution in [3.63, 3.8) is 0 Å². The van der Waals surface area contributed by atoms with Crippen LogP contribution in [0, 0.1) is 0 Å². The molecule has 0 radical (unpaired) electrons. The highest BCUT2D eigenvalue weighted by atomic mass is 79.9. The Bertz CT molecular complexity index is 459. The van der Waals surface area contributed by atoms with Gasteiger partial charge in [0.2, 0.25) is 0 Å². The van der Waals surface area contributed by atoms with Gasteiger partial charge in [-0.2, -0.15) is 0 Å². The lowest BCUT2D eigenvalue weighted by Crippen LogP contribution is -2.15. The van der Waals surface area contributed by atoms with E-state index < -0.39 is 0 Å². The second-order valence-corrected chi connectivity index (χ2v) is 4.39. The Morgan fingerprint density at radius 1 is 1.31 bits per heavy atom. The van der Waals surface area contributed by atoms with E-state index in [2.05, 4.69) is 38.0 Å². The number of nitrogens with zero attached hydrogens (tertiary/aromatic N) is 2. The van der Waals surface area contributed by atoms with E-state index in [4.69, 9.17) is 5.73 Å². The highest BCUT2D eigenvalue weighted by molar-refractivity contribution is 9.10. The van der Waals surface area contributed by atoms with Crippen LogP contribution in [-0.2, 0) is 0 Å². The summed E-state index contributed by atoms with van der Waals surface area (Å²) in [5.41, 5.74) is 7.93. The van der Waals surface area contributed by atoms with Crippen LogP contribution in [0.5, 0.6) is 0 Å². The quantitative estimate of drug-likeness (QED) is 0.937. The van der Waals surface area contributed by atoms with Crippen molar-refractivity contribution in [3.05, 3.63) is 58.6 Å². The van der Waals surface area contributed by atoms with E-state index in [1.807, 2.05) is 18.2 Å². The molecule has 1 aromatic heterocycles. The molecule has 2 aromatic rings. The van der Waals surface area contributed by atoms with E-state index in [9.17, 15) is 0 Å². The molecule has 1 heterocycles. The van der Waals surface area contributed by atoms with Crippen LogP contribution in [-0.4, -0.2) is 16.5 Å². The smallest absolute Gasteiger partial charge is 0.115 e. The van der Waals surface area contributed by atoms with Gasteiger partial charge in [-0.3, -0.25) is 0 Å². The van der Waals surface area contributed by atoms with Gasteiger partial charge in [-0.25, -0.2) is 9.97 Å². The lowest BCUT2D eigenvalue weighted by molar-refractivity contribution is 0.781. The molecule has 1 aromatic carbocycles. The first-order chi connectivity index (χ1) is 7.81. The van der Waals surface area contributed by atoms with E-state index in [-0.39, 0.29) is 5.92 Å². The molecule has 0 aliphatic carbocycles. The zero-order chi connectivity index (χ0) is 11.4. The van der Waals surface area contributed by atoms with Crippen LogP contribution in [0.4, 0.5) is 0 Å². The lowest BCUT2D eigenvalue weighted by atomic mass is 9.96. The van der Waals surface area contributed by atoms with Gasteiger partial charge < -0.3 is 5.73 Å². The number of halogens is 1. The van der Waals surface area contributed by atoms with E-state index >= 15 is 0 Å². The Labute approximate surface area is 103 Å². The van der Waals surface area contributed by atoms with Gasteiger partial charge >= 0.3 is 0 Å². The second-order valence-electron chi connectivity index (χ2n) is 3.48. The molecule has 0 spiro atoms. The van der Waals surface area contributed by atoms with Crippen LogP contribution in [0.3, 0.4) is 0 Å². The Morgan fingerprint density at radius 3 is 2.81 bits per heavy atom. The molecule has 16 heavy (non-hydrogen) atoms. The Hall–Kier alpha value is -1.26. The molecule has 3 nitrogen and oxygen atoms in total. The van der Waals surface area contributed by atoms with Gasteiger partial charge in [0.15, 0.2) is 0 Å². The summed E-state index contributed by atoms with van der Waals surface area (Å²) in [5, 5.41) is 0. The minimum absolute atomic E-state index is 0.125. The predicted octanol–water partition coefficient (Wildman–Crippen LogP) is 2.33. The monoisotopic (exact) mass is 277 g/mol. The summed E-state index contributed by atoms with van der Waals surface area (Å²) in [4.78, 5) is 8.16. The molecule has 0 saturated carbocycles. The maximum absolute atomic E-state index is 5.81. The molecule has 2 rings (SSSR count). The van der Waals surface area contributed by atoms with Crippen molar-refractivity contribution >= 4 is 15.9 Å². The molecular weight excluding hydrogens is 266 g/mol. The fraction of sp³-hybridized carbons (Fsp3) is 0.167. The van der Waals surface area contributed by atoms with Gasteiger partial charge in [-0.15, -0.1) is 0 Å². The summed E-state index contributed by atoms with van der Waals surface area (Å²) in [6.45, 7) is 0.535. The lowest BCUT2D eigenvalue weighted by Gasteiger charge is -2.14. The van der Waals surface area contributed by atoms with Gasteiger partial charge in [0, 0.05) is 23.1 Å². The topological polar surface area (TPSA) is 51.8 Å². The first-order valence-corrected chi connectivity index (χ1v) is 5.82. The van der Waals surface area contributed by atoms with Gasteiger partial charge in [-0.1, -0.05) is 28.1 Å². The van der Waals surface area contributed by atoms with Gasteiger partial charge in [0.05, 0.1) is 5.69 Å². The Balaban J connectivity index is 2.37. The molecule has 2 N–H and O–H groups in total. The zero-order valence-corrected chi connectivity index (χ0v) is 10.3. The van der Waals surface area contributed by atoms with Crippen molar-refractivity contribution in [3.8, 4) is 0 Å². The first-order valence-electron chi connectivity index (χ1n) is 5.02. The van der Waals surface area contributed by atoms with Crippen molar-refractivity contribution in [2.45, 2.75) is 5.92 Å². The minimum Gasteiger partial charge on any atom is -0.329 e. The van der Waals surface area contributed by atoms with Gasteiger partial charge in [0.1, 0.15) is 6.33 Å². The average molecular weight is 278 g/mol. The van der Waals surface area contributed by atoms with E-state index in [0.29, 0.717) is 6.54 Å². The van der Waals surface area contributed by atoms with Crippen molar-refractivity contribution in [1.29, 1.82) is 0 Å². The number of benzene rings is 1. The third-order valence-electron chi connectivity index (χ3n) is 2.45. The standard InChI is InChI=1S/C12H12BrN3/c13-10-3-1-2-9(6-10)11(7-14)12-4-5-15-8-16-12/h1-6,8,11H,7,14H2. The fourth-order valence-electron chi connectivity index (χ4n) is 1.66. The van der Waals surface area contributed by atoms with Crippen molar-refractivity contribution in [1.82, 2.24) is 9.97 Å². The minimum atomic E-state index is 0.125. The van der Waals surface area contributed by atoms with E-state index in [0.717, 1.165) is 15.7 Å². The highest BCUT2D eigenvalue weighted by Crippen LogP contribution is 2.23. The SMILES string of the molecule is NCC(c1cccc(Br)c1)c1ccncn1. The van der Waals surface area contributed by atoms with Crippen LogP contribution in [0.2, 0.25) is 0 Å². The van der Waals surface area contributed by atoms with E-state index in [1.165, 1.54) is 0 Å². The summed E-state index contributed by atoms with van der Waals surface area (Å²) in [5.74, 6) is 0.125. The largest absolute Gasteiger partial charge is 0.329 e. The maximum Gasteiger partial charge on any atom is 0.115 e. The number of nitrogens with two attached hydrogens (primary N) is 1. The van der Waals surface area contributed by atoms with Crippen LogP contribution in [0.1, 0.15) is 17.2 Å².